The van der Waals surface area contributed by atoms with Crippen LogP contribution in [0.2, 0.25) is 0 Å². The molecule has 5 heteroatoms. The Balaban J connectivity index is 1.91. The summed E-state index contributed by atoms with van der Waals surface area (Å²) in [5.41, 5.74) is -0.391. The minimum absolute atomic E-state index is 0.300. The largest absolute Gasteiger partial charge is 0.455 e. The Bertz CT molecular complexity index is 396. The van der Waals surface area contributed by atoms with Gasteiger partial charge in [-0.2, -0.15) is 0 Å². The Morgan fingerprint density at radius 2 is 1.95 bits per heavy atom. The molecule has 0 N–H and O–H groups in total. The number of carbonyl (C=O) groups excluding carboxylic acids is 2. The molecule has 2 aliphatic heterocycles. The summed E-state index contributed by atoms with van der Waals surface area (Å²) in [6.07, 6.45) is 1.58. The SMILES string of the molecule is C=C1CC2(CCN(C(=O)OC(C)(C)C)CC2)OC1=O. The molecule has 0 radical (unpaired) electrons. The van der Waals surface area contributed by atoms with Gasteiger partial charge < -0.3 is 14.4 Å². The Kier molecular flexibility index (Phi) is 3.32. The van der Waals surface area contributed by atoms with E-state index in [1.807, 2.05) is 20.8 Å². The first-order chi connectivity index (χ1) is 8.71. The number of rotatable bonds is 0. The zero-order valence-corrected chi connectivity index (χ0v) is 11.8. The topological polar surface area (TPSA) is 55.8 Å². The highest BCUT2D eigenvalue weighted by Gasteiger charge is 2.45. The number of likely N-dealkylation sites (tertiary alicyclic amines) is 1. The molecule has 106 valence electrons. The maximum absolute atomic E-state index is 11.9. The fraction of sp³-hybridized carbons (Fsp3) is 0.714. The highest BCUT2D eigenvalue weighted by molar-refractivity contribution is 5.90. The second-order valence-electron chi connectivity index (χ2n) is 6.32. The van der Waals surface area contributed by atoms with Crippen LogP contribution in [0.5, 0.6) is 0 Å². The molecule has 0 saturated carbocycles. The van der Waals surface area contributed by atoms with E-state index in [4.69, 9.17) is 9.47 Å². The third kappa shape index (κ3) is 3.08. The van der Waals surface area contributed by atoms with Crippen LogP contribution >= 0.6 is 0 Å². The van der Waals surface area contributed by atoms with Gasteiger partial charge in [-0.15, -0.1) is 0 Å². The van der Waals surface area contributed by atoms with E-state index >= 15 is 0 Å². The van der Waals surface area contributed by atoms with Crippen LogP contribution in [-0.2, 0) is 14.3 Å². The van der Waals surface area contributed by atoms with E-state index in [0.717, 1.165) is 0 Å². The van der Waals surface area contributed by atoms with Crippen LogP contribution in [0.25, 0.3) is 0 Å². The molecule has 1 amide bonds. The summed E-state index contributed by atoms with van der Waals surface area (Å²) in [6.45, 7) is 10.3. The van der Waals surface area contributed by atoms with E-state index in [0.29, 0.717) is 37.9 Å². The van der Waals surface area contributed by atoms with Crippen LogP contribution in [0.3, 0.4) is 0 Å². The quantitative estimate of drug-likeness (QED) is 0.499. The molecule has 0 aliphatic carbocycles. The minimum Gasteiger partial charge on any atom is -0.455 e. The highest BCUT2D eigenvalue weighted by Crippen LogP contribution is 2.38. The van der Waals surface area contributed by atoms with Crippen molar-refractivity contribution in [3.63, 3.8) is 0 Å². The number of carbonyl (C=O) groups is 2. The van der Waals surface area contributed by atoms with Crippen molar-refractivity contribution in [1.29, 1.82) is 0 Å². The van der Waals surface area contributed by atoms with Crippen molar-refractivity contribution in [1.82, 2.24) is 4.90 Å². The molecule has 5 nitrogen and oxygen atoms in total. The number of nitrogens with zero attached hydrogens (tertiary/aromatic N) is 1. The van der Waals surface area contributed by atoms with Crippen molar-refractivity contribution in [2.45, 2.75) is 51.2 Å². The second-order valence-corrected chi connectivity index (χ2v) is 6.32. The number of piperidine rings is 1. The van der Waals surface area contributed by atoms with Gasteiger partial charge in [0.2, 0.25) is 0 Å². The number of amides is 1. The fourth-order valence-corrected chi connectivity index (χ4v) is 2.47. The summed E-state index contributed by atoms with van der Waals surface area (Å²) in [7, 11) is 0. The van der Waals surface area contributed by atoms with Gasteiger partial charge in [-0.25, -0.2) is 9.59 Å². The van der Waals surface area contributed by atoms with Crippen LogP contribution in [0, 0.1) is 0 Å². The molecular formula is C14H21NO4. The summed E-state index contributed by atoms with van der Waals surface area (Å²) in [4.78, 5) is 25.0. The Morgan fingerprint density at radius 1 is 1.37 bits per heavy atom. The molecule has 0 unspecified atom stereocenters. The van der Waals surface area contributed by atoms with Gasteiger partial charge in [-0.3, -0.25) is 0 Å². The van der Waals surface area contributed by atoms with E-state index in [9.17, 15) is 9.59 Å². The number of ether oxygens (including phenoxy) is 2. The predicted octanol–water partition coefficient (Wildman–Crippen LogP) is 2.26. The van der Waals surface area contributed by atoms with Crippen LogP contribution < -0.4 is 0 Å². The molecular weight excluding hydrogens is 246 g/mol. The molecule has 2 fully saturated rings. The van der Waals surface area contributed by atoms with Gasteiger partial charge in [-0.1, -0.05) is 6.58 Å². The molecule has 0 bridgehead atoms. The molecule has 2 saturated heterocycles. The average molecular weight is 267 g/mol. The van der Waals surface area contributed by atoms with Crippen molar-refractivity contribution in [3.8, 4) is 0 Å². The van der Waals surface area contributed by atoms with Gasteiger partial charge in [0.05, 0.1) is 0 Å². The van der Waals surface area contributed by atoms with Crippen molar-refractivity contribution >= 4 is 12.1 Å². The molecule has 0 aromatic carbocycles. The monoisotopic (exact) mass is 267 g/mol. The molecule has 0 aromatic rings. The average Bonchev–Trinajstić information content (AvgIpc) is 2.52. The zero-order chi connectivity index (χ0) is 14.3. The summed E-state index contributed by atoms with van der Waals surface area (Å²) in [5, 5.41) is 0. The summed E-state index contributed by atoms with van der Waals surface area (Å²) in [5.74, 6) is -0.300. The van der Waals surface area contributed by atoms with Crippen LogP contribution in [0.4, 0.5) is 4.79 Å². The maximum atomic E-state index is 11.9. The zero-order valence-electron chi connectivity index (χ0n) is 11.8. The third-order valence-corrected chi connectivity index (χ3v) is 3.46. The summed E-state index contributed by atoms with van der Waals surface area (Å²) in [6, 6.07) is 0. The lowest BCUT2D eigenvalue weighted by atomic mass is 9.88. The van der Waals surface area contributed by atoms with E-state index in [1.54, 1.807) is 4.90 Å². The highest BCUT2D eigenvalue weighted by atomic mass is 16.6. The first-order valence-corrected chi connectivity index (χ1v) is 6.60. The Morgan fingerprint density at radius 3 is 2.37 bits per heavy atom. The maximum Gasteiger partial charge on any atom is 0.410 e. The van der Waals surface area contributed by atoms with E-state index in [-0.39, 0.29) is 12.1 Å². The van der Waals surface area contributed by atoms with Crippen LogP contribution in [0.15, 0.2) is 12.2 Å². The predicted molar refractivity (Wildman–Crippen MR) is 69.6 cm³/mol. The lowest BCUT2D eigenvalue weighted by Gasteiger charge is -2.38. The second kappa shape index (κ2) is 4.54. The van der Waals surface area contributed by atoms with E-state index in [1.165, 1.54) is 0 Å². The van der Waals surface area contributed by atoms with Crippen molar-refractivity contribution in [2.75, 3.05) is 13.1 Å². The molecule has 19 heavy (non-hydrogen) atoms. The Labute approximate surface area is 113 Å². The van der Waals surface area contributed by atoms with Crippen molar-refractivity contribution < 1.29 is 19.1 Å². The van der Waals surface area contributed by atoms with Crippen LogP contribution in [0.1, 0.15) is 40.0 Å². The molecule has 0 atom stereocenters. The van der Waals surface area contributed by atoms with Gasteiger partial charge in [-0.05, 0) is 20.8 Å². The molecule has 1 spiro atoms. The standard InChI is InChI=1S/C14H21NO4/c1-10-9-14(18-11(10)16)5-7-15(8-6-14)12(17)19-13(2,3)4/h1,5-9H2,2-4H3. The lowest BCUT2D eigenvalue weighted by Crippen LogP contribution is -2.48. The lowest BCUT2D eigenvalue weighted by molar-refractivity contribution is -0.149. The van der Waals surface area contributed by atoms with E-state index < -0.39 is 11.2 Å². The molecule has 2 heterocycles. The van der Waals surface area contributed by atoms with Gasteiger partial charge in [0, 0.05) is 37.9 Å². The number of hydrogen-bond acceptors (Lipinski definition) is 4. The molecule has 2 aliphatic rings. The summed E-state index contributed by atoms with van der Waals surface area (Å²) < 4.78 is 10.7. The number of hydrogen-bond donors (Lipinski definition) is 0. The van der Waals surface area contributed by atoms with Gasteiger partial charge in [0.1, 0.15) is 11.2 Å². The van der Waals surface area contributed by atoms with E-state index in [2.05, 4.69) is 6.58 Å². The normalized spacial score (nSPS) is 22.6. The van der Waals surface area contributed by atoms with Gasteiger partial charge in [0.15, 0.2) is 0 Å². The molecule has 2 rings (SSSR count). The summed E-state index contributed by atoms with van der Waals surface area (Å²) >= 11 is 0. The number of esters is 1. The fourth-order valence-electron chi connectivity index (χ4n) is 2.47. The first kappa shape index (κ1) is 13.9. The third-order valence-electron chi connectivity index (χ3n) is 3.46. The van der Waals surface area contributed by atoms with Crippen LogP contribution in [-0.4, -0.2) is 41.3 Å². The van der Waals surface area contributed by atoms with Crippen molar-refractivity contribution in [2.24, 2.45) is 0 Å². The minimum atomic E-state index is -0.486. The van der Waals surface area contributed by atoms with Gasteiger partial charge >= 0.3 is 12.1 Å². The van der Waals surface area contributed by atoms with Gasteiger partial charge in [0.25, 0.3) is 0 Å². The first-order valence-electron chi connectivity index (χ1n) is 6.60. The Hall–Kier alpha value is -1.52. The van der Waals surface area contributed by atoms with Crippen molar-refractivity contribution in [3.05, 3.63) is 12.2 Å². The molecule has 0 aromatic heterocycles. The smallest absolute Gasteiger partial charge is 0.410 e.